The van der Waals surface area contributed by atoms with E-state index in [0.29, 0.717) is 49.3 Å². The second kappa shape index (κ2) is 8.17. The quantitative estimate of drug-likeness (QED) is 0.596. The summed E-state index contributed by atoms with van der Waals surface area (Å²) in [6.07, 6.45) is 1.65. The smallest absolute Gasteiger partial charge is 0.336 e. The van der Waals surface area contributed by atoms with Gasteiger partial charge in [0.05, 0.1) is 7.11 Å². The van der Waals surface area contributed by atoms with E-state index >= 15 is 0 Å². The number of hydrogen-bond donors (Lipinski definition) is 0. The van der Waals surface area contributed by atoms with Crippen molar-refractivity contribution in [1.82, 2.24) is 14.9 Å². The highest BCUT2D eigenvalue weighted by Gasteiger charge is 2.23. The van der Waals surface area contributed by atoms with Gasteiger partial charge in [-0.3, -0.25) is 4.79 Å². The van der Waals surface area contributed by atoms with E-state index in [1.54, 1.807) is 48.5 Å². The molecule has 0 saturated carbocycles. The molecular formula is C20H20N4O5. The average molecular weight is 396 g/mol. The zero-order chi connectivity index (χ0) is 20.2. The van der Waals surface area contributed by atoms with Crippen LogP contribution < -0.4 is 20.0 Å². The highest BCUT2D eigenvalue weighted by Crippen LogP contribution is 2.20. The normalized spacial score (nSPS) is 14.1. The third kappa shape index (κ3) is 4.29. The molecule has 0 N–H and O–H groups in total. The third-order valence-electron chi connectivity index (χ3n) is 4.70. The lowest BCUT2D eigenvalue weighted by Gasteiger charge is -2.34. The molecule has 0 radical (unpaired) electrons. The molecule has 1 aliphatic heterocycles. The molecule has 29 heavy (non-hydrogen) atoms. The molecule has 1 aliphatic rings. The largest absolute Gasteiger partial charge is 0.484 e. The summed E-state index contributed by atoms with van der Waals surface area (Å²) >= 11 is 0. The van der Waals surface area contributed by atoms with Crippen molar-refractivity contribution in [3.63, 3.8) is 0 Å². The van der Waals surface area contributed by atoms with E-state index < -0.39 is 5.63 Å². The molecule has 0 spiro atoms. The summed E-state index contributed by atoms with van der Waals surface area (Å²) in [5.74, 6) is 1.47. The van der Waals surface area contributed by atoms with Gasteiger partial charge < -0.3 is 23.7 Å². The predicted octanol–water partition coefficient (Wildman–Crippen LogP) is 1.32. The molecule has 1 fully saturated rings. The first-order chi connectivity index (χ1) is 14.1. The Morgan fingerprint density at radius 1 is 1.14 bits per heavy atom. The van der Waals surface area contributed by atoms with Gasteiger partial charge in [0.1, 0.15) is 11.3 Å². The van der Waals surface area contributed by atoms with Crippen LogP contribution in [0.15, 0.2) is 51.8 Å². The van der Waals surface area contributed by atoms with E-state index in [9.17, 15) is 9.59 Å². The van der Waals surface area contributed by atoms with Crippen LogP contribution in [0, 0.1) is 0 Å². The van der Waals surface area contributed by atoms with Gasteiger partial charge in [0.15, 0.2) is 6.61 Å². The minimum absolute atomic E-state index is 0.0851. The second-order valence-corrected chi connectivity index (χ2v) is 6.51. The number of nitrogens with zero attached hydrogens (tertiary/aromatic N) is 4. The number of piperazine rings is 1. The SMILES string of the molecule is COc1ccnc(N2CCN(C(=O)COc3ccc4ccc(=O)oc4c3)CC2)n1. The highest BCUT2D eigenvalue weighted by molar-refractivity contribution is 5.79. The molecule has 150 valence electrons. The molecule has 9 heteroatoms. The van der Waals surface area contributed by atoms with Gasteiger partial charge in [-0.1, -0.05) is 0 Å². The number of fused-ring (bicyclic) bond motifs is 1. The van der Waals surface area contributed by atoms with Crippen molar-refractivity contribution in [1.29, 1.82) is 0 Å². The fourth-order valence-electron chi connectivity index (χ4n) is 3.12. The zero-order valence-corrected chi connectivity index (χ0v) is 15.9. The van der Waals surface area contributed by atoms with Gasteiger partial charge in [0, 0.05) is 56.0 Å². The van der Waals surface area contributed by atoms with Gasteiger partial charge in [-0.2, -0.15) is 4.98 Å². The van der Waals surface area contributed by atoms with E-state index in [1.165, 1.54) is 6.07 Å². The number of ether oxygens (including phenoxy) is 2. The number of carbonyl (C=O) groups excluding carboxylic acids is 1. The molecule has 9 nitrogen and oxygen atoms in total. The standard InChI is InChI=1S/C20H20N4O5/c1-27-17-6-7-21-20(22-17)24-10-8-23(9-11-24)18(25)13-28-15-4-2-14-3-5-19(26)29-16(14)12-15/h2-7,12H,8-11,13H2,1H3. The molecule has 1 saturated heterocycles. The molecule has 4 rings (SSSR count). The maximum atomic E-state index is 12.5. The molecular weight excluding hydrogens is 376 g/mol. The van der Waals surface area contributed by atoms with Crippen molar-refractivity contribution in [2.24, 2.45) is 0 Å². The fourth-order valence-corrected chi connectivity index (χ4v) is 3.12. The fraction of sp³-hybridized carbons (Fsp3) is 0.300. The van der Waals surface area contributed by atoms with Crippen molar-refractivity contribution in [3.05, 3.63) is 53.0 Å². The lowest BCUT2D eigenvalue weighted by atomic mass is 10.2. The highest BCUT2D eigenvalue weighted by atomic mass is 16.5. The van der Waals surface area contributed by atoms with Crippen LogP contribution in [0.1, 0.15) is 0 Å². The van der Waals surface area contributed by atoms with E-state index in [1.807, 2.05) is 4.90 Å². The molecule has 0 unspecified atom stereocenters. The molecule has 1 aromatic carbocycles. The van der Waals surface area contributed by atoms with Crippen LogP contribution >= 0.6 is 0 Å². The van der Waals surface area contributed by atoms with E-state index in [-0.39, 0.29) is 12.5 Å². The van der Waals surface area contributed by atoms with Crippen molar-refractivity contribution in [3.8, 4) is 11.6 Å². The second-order valence-electron chi connectivity index (χ2n) is 6.51. The van der Waals surface area contributed by atoms with E-state index in [0.717, 1.165) is 5.39 Å². The van der Waals surface area contributed by atoms with Gasteiger partial charge in [-0.25, -0.2) is 9.78 Å². The lowest BCUT2D eigenvalue weighted by Crippen LogP contribution is -2.50. The number of carbonyl (C=O) groups is 1. The first-order valence-electron chi connectivity index (χ1n) is 9.19. The Labute approximate surface area is 166 Å². The number of amides is 1. The molecule has 0 aliphatic carbocycles. The van der Waals surface area contributed by atoms with Gasteiger partial charge >= 0.3 is 5.63 Å². The molecule has 3 heterocycles. The van der Waals surface area contributed by atoms with Crippen molar-refractivity contribution in [2.45, 2.75) is 0 Å². The van der Waals surface area contributed by atoms with Crippen molar-refractivity contribution in [2.75, 3.05) is 44.8 Å². The Morgan fingerprint density at radius 3 is 2.72 bits per heavy atom. The van der Waals surface area contributed by atoms with Crippen molar-refractivity contribution >= 4 is 22.8 Å². The van der Waals surface area contributed by atoms with Crippen LogP contribution in [0.25, 0.3) is 11.0 Å². The number of aromatic nitrogens is 2. The molecule has 2 aromatic heterocycles. The maximum Gasteiger partial charge on any atom is 0.336 e. The summed E-state index contributed by atoms with van der Waals surface area (Å²) in [6.45, 7) is 2.27. The number of anilines is 1. The van der Waals surface area contributed by atoms with Crippen LogP contribution in [0.2, 0.25) is 0 Å². The number of benzene rings is 1. The predicted molar refractivity (Wildman–Crippen MR) is 105 cm³/mol. The Hall–Kier alpha value is -3.62. The van der Waals surface area contributed by atoms with Crippen molar-refractivity contribution < 1.29 is 18.7 Å². The molecule has 1 amide bonds. The lowest BCUT2D eigenvalue weighted by molar-refractivity contribution is -0.133. The number of methoxy groups -OCH3 is 1. The van der Waals surface area contributed by atoms with Crippen LogP contribution in [-0.2, 0) is 4.79 Å². The van der Waals surface area contributed by atoms with Gasteiger partial charge in [-0.15, -0.1) is 0 Å². The summed E-state index contributed by atoms with van der Waals surface area (Å²) in [7, 11) is 1.56. The first-order valence-corrected chi connectivity index (χ1v) is 9.19. The van der Waals surface area contributed by atoms with E-state index in [2.05, 4.69) is 9.97 Å². The average Bonchev–Trinajstić information content (AvgIpc) is 2.77. The van der Waals surface area contributed by atoms with Crippen LogP contribution in [-0.4, -0.2) is 60.7 Å². The summed E-state index contributed by atoms with van der Waals surface area (Å²) in [4.78, 5) is 36.2. The Morgan fingerprint density at radius 2 is 1.93 bits per heavy atom. The first kappa shape index (κ1) is 18.7. The Kier molecular flexibility index (Phi) is 5.28. The maximum absolute atomic E-state index is 12.5. The molecule has 0 bridgehead atoms. The van der Waals surface area contributed by atoms with Gasteiger partial charge in [-0.05, 0) is 18.2 Å². The van der Waals surface area contributed by atoms with Crippen LogP contribution in [0.3, 0.4) is 0 Å². The van der Waals surface area contributed by atoms with Gasteiger partial charge in [0.2, 0.25) is 11.8 Å². The third-order valence-corrected chi connectivity index (χ3v) is 4.70. The summed E-state index contributed by atoms with van der Waals surface area (Å²) in [6, 6.07) is 9.88. The molecule has 3 aromatic rings. The van der Waals surface area contributed by atoms with E-state index in [4.69, 9.17) is 13.9 Å². The zero-order valence-electron chi connectivity index (χ0n) is 15.9. The topological polar surface area (TPSA) is 98.0 Å². The molecule has 0 atom stereocenters. The Bertz CT molecular complexity index is 1080. The summed E-state index contributed by atoms with van der Waals surface area (Å²) < 4.78 is 15.9. The summed E-state index contributed by atoms with van der Waals surface area (Å²) in [5, 5.41) is 0.791. The minimum atomic E-state index is -0.427. The monoisotopic (exact) mass is 396 g/mol. The number of hydrogen-bond acceptors (Lipinski definition) is 8. The number of rotatable bonds is 5. The van der Waals surface area contributed by atoms with Crippen LogP contribution in [0.5, 0.6) is 11.6 Å². The van der Waals surface area contributed by atoms with Crippen LogP contribution in [0.4, 0.5) is 5.95 Å². The Balaban J connectivity index is 1.32. The summed E-state index contributed by atoms with van der Waals surface area (Å²) in [5.41, 5.74) is -0.00188. The van der Waals surface area contributed by atoms with Gasteiger partial charge in [0.25, 0.3) is 5.91 Å². The minimum Gasteiger partial charge on any atom is -0.484 e.